The summed E-state index contributed by atoms with van der Waals surface area (Å²) in [5.41, 5.74) is 1.55. The predicted octanol–water partition coefficient (Wildman–Crippen LogP) is 2.72. The number of benzene rings is 1. The number of aryl methyl sites for hydroxylation is 1. The third-order valence-corrected chi connectivity index (χ3v) is 3.57. The highest BCUT2D eigenvalue weighted by Gasteiger charge is 2.18. The molecule has 0 radical (unpaired) electrons. The lowest BCUT2D eigenvalue weighted by molar-refractivity contribution is 0.148. The van der Waals surface area contributed by atoms with Crippen molar-refractivity contribution in [1.29, 1.82) is 0 Å². The number of aliphatic hydroxyl groups excluding tert-OH is 1. The zero-order chi connectivity index (χ0) is 16.5. The topological polar surface area (TPSA) is 55.1 Å². The minimum Gasteiger partial charge on any atom is -0.386 e. The molecule has 1 aromatic heterocycles. The van der Waals surface area contributed by atoms with Crippen LogP contribution in [0.3, 0.4) is 0 Å². The quantitative estimate of drug-likeness (QED) is 0.948. The lowest BCUT2D eigenvalue weighted by Gasteiger charge is -2.20. The second kappa shape index (κ2) is 6.01. The zero-order valence-corrected chi connectivity index (χ0v) is 13.3. The maximum absolute atomic E-state index is 13.1. The molecule has 0 amide bonds. The van der Waals surface area contributed by atoms with E-state index in [1.807, 2.05) is 20.8 Å². The first-order valence-electron chi connectivity index (χ1n) is 7.21. The molecule has 0 spiro atoms. The number of hydrogen-bond acceptors (Lipinski definition) is 3. The van der Waals surface area contributed by atoms with Crippen molar-refractivity contribution in [3.8, 4) is 0 Å². The summed E-state index contributed by atoms with van der Waals surface area (Å²) in [5.74, 6) is -0.349. The maximum Gasteiger partial charge on any atom is 0.266 e. The fourth-order valence-corrected chi connectivity index (χ4v) is 2.25. The van der Waals surface area contributed by atoms with E-state index in [1.54, 1.807) is 13.0 Å². The van der Waals surface area contributed by atoms with Gasteiger partial charge in [0.1, 0.15) is 5.82 Å². The number of halogens is 1. The average molecular weight is 304 g/mol. The van der Waals surface area contributed by atoms with E-state index in [2.05, 4.69) is 5.10 Å². The van der Waals surface area contributed by atoms with Crippen molar-refractivity contribution in [2.45, 2.75) is 45.8 Å². The van der Waals surface area contributed by atoms with Crippen LogP contribution in [0.4, 0.5) is 4.39 Å². The Hall–Kier alpha value is -2.01. The molecule has 1 unspecified atom stereocenters. The van der Waals surface area contributed by atoms with Crippen LogP contribution in [0.15, 0.2) is 35.1 Å². The summed E-state index contributed by atoms with van der Waals surface area (Å²) in [4.78, 5) is 11.9. The fourth-order valence-electron chi connectivity index (χ4n) is 2.25. The fraction of sp³-hybridized carbons (Fsp3) is 0.412. The van der Waals surface area contributed by atoms with Gasteiger partial charge in [0, 0.05) is 11.5 Å². The highest BCUT2D eigenvalue weighted by atomic mass is 19.1. The summed E-state index contributed by atoms with van der Waals surface area (Å²) < 4.78 is 14.4. The zero-order valence-electron chi connectivity index (χ0n) is 13.3. The van der Waals surface area contributed by atoms with Gasteiger partial charge in [-0.05, 0) is 36.2 Å². The molecule has 1 N–H and O–H groups in total. The van der Waals surface area contributed by atoms with Crippen LogP contribution < -0.4 is 5.56 Å². The van der Waals surface area contributed by atoms with Gasteiger partial charge in [0.25, 0.3) is 5.56 Å². The van der Waals surface area contributed by atoms with E-state index >= 15 is 0 Å². The van der Waals surface area contributed by atoms with Gasteiger partial charge in [-0.2, -0.15) is 5.10 Å². The second-order valence-corrected chi connectivity index (χ2v) is 6.51. The van der Waals surface area contributed by atoms with E-state index in [4.69, 9.17) is 0 Å². The number of aromatic nitrogens is 2. The van der Waals surface area contributed by atoms with Crippen molar-refractivity contribution in [2.75, 3.05) is 0 Å². The van der Waals surface area contributed by atoms with Crippen molar-refractivity contribution >= 4 is 0 Å². The first-order chi connectivity index (χ1) is 10.2. The molecule has 0 aliphatic rings. The van der Waals surface area contributed by atoms with Crippen LogP contribution in [0, 0.1) is 12.7 Å². The third-order valence-electron chi connectivity index (χ3n) is 3.57. The lowest BCUT2D eigenvalue weighted by Crippen LogP contribution is -2.29. The van der Waals surface area contributed by atoms with Gasteiger partial charge in [0.05, 0.1) is 18.3 Å². The SMILES string of the molecule is Cc1cc(F)ccc1C(O)Cn1nc(C(C)(C)C)ccc1=O. The van der Waals surface area contributed by atoms with Gasteiger partial charge in [-0.1, -0.05) is 26.8 Å². The molecule has 0 bridgehead atoms. The van der Waals surface area contributed by atoms with Gasteiger partial charge >= 0.3 is 0 Å². The molecule has 0 saturated heterocycles. The Morgan fingerprint density at radius 1 is 1.27 bits per heavy atom. The van der Waals surface area contributed by atoms with Crippen LogP contribution in [-0.4, -0.2) is 14.9 Å². The third kappa shape index (κ3) is 3.60. The second-order valence-electron chi connectivity index (χ2n) is 6.51. The van der Waals surface area contributed by atoms with E-state index in [1.165, 1.54) is 28.9 Å². The summed E-state index contributed by atoms with van der Waals surface area (Å²) >= 11 is 0. The van der Waals surface area contributed by atoms with Crippen LogP contribution >= 0.6 is 0 Å². The molecular weight excluding hydrogens is 283 g/mol. The van der Waals surface area contributed by atoms with Crippen LogP contribution in [-0.2, 0) is 12.0 Å². The number of rotatable bonds is 3. The molecule has 4 nitrogen and oxygen atoms in total. The van der Waals surface area contributed by atoms with Crippen molar-refractivity contribution in [3.05, 3.63) is 63.3 Å². The molecule has 118 valence electrons. The van der Waals surface area contributed by atoms with Gasteiger partial charge in [-0.15, -0.1) is 0 Å². The summed E-state index contributed by atoms with van der Waals surface area (Å²) in [5, 5.41) is 14.7. The molecular formula is C17H21FN2O2. The molecule has 0 aliphatic heterocycles. The number of aliphatic hydroxyl groups is 1. The van der Waals surface area contributed by atoms with E-state index in [9.17, 15) is 14.3 Å². The molecule has 2 aromatic rings. The Morgan fingerprint density at radius 2 is 1.95 bits per heavy atom. The monoisotopic (exact) mass is 304 g/mol. The molecule has 22 heavy (non-hydrogen) atoms. The van der Waals surface area contributed by atoms with Crippen molar-refractivity contribution < 1.29 is 9.50 Å². The summed E-state index contributed by atoms with van der Waals surface area (Å²) in [6.45, 7) is 7.78. The number of hydrogen-bond donors (Lipinski definition) is 1. The molecule has 5 heteroatoms. The molecule has 1 aromatic carbocycles. The molecule has 0 saturated carbocycles. The maximum atomic E-state index is 13.1. The van der Waals surface area contributed by atoms with Crippen LogP contribution in [0.5, 0.6) is 0 Å². The Balaban J connectivity index is 2.32. The smallest absolute Gasteiger partial charge is 0.266 e. The lowest BCUT2D eigenvalue weighted by atomic mass is 9.92. The van der Waals surface area contributed by atoms with E-state index < -0.39 is 6.10 Å². The minimum atomic E-state index is -0.916. The Labute approximate surface area is 129 Å². The van der Waals surface area contributed by atoms with Crippen molar-refractivity contribution in [1.82, 2.24) is 9.78 Å². The normalized spacial score (nSPS) is 13.2. The number of nitrogens with zero attached hydrogens (tertiary/aromatic N) is 2. The largest absolute Gasteiger partial charge is 0.386 e. The minimum absolute atomic E-state index is 0.0369. The van der Waals surface area contributed by atoms with Crippen molar-refractivity contribution in [3.63, 3.8) is 0 Å². The van der Waals surface area contributed by atoms with Gasteiger partial charge in [-0.3, -0.25) is 4.79 Å². The Kier molecular flexibility index (Phi) is 4.47. The highest BCUT2D eigenvalue weighted by Crippen LogP contribution is 2.21. The van der Waals surface area contributed by atoms with Gasteiger partial charge in [0.2, 0.25) is 0 Å². The Morgan fingerprint density at radius 3 is 2.55 bits per heavy atom. The van der Waals surface area contributed by atoms with Gasteiger partial charge in [0.15, 0.2) is 0 Å². The molecule has 0 aliphatic carbocycles. The molecule has 0 fully saturated rings. The first-order valence-corrected chi connectivity index (χ1v) is 7.21. The predicted molar refractivity (Wildman–Crippen MR) is 83.3 cm³/mol. The van der Waals surface area contributed by atoms with Crippen LogP contribution in [0.1, 0.15) is 43.7 Å². The van der Waals surface area contributed by atoms with Crippen LogP contribution in [0.2, 0.25) is 0 Å². The first kappa shape index (κ1) is 16.4. The standard InChI is InChI=1S/C17H21FN2O2/c1-11-9-12(18)5-6-13(11)14(21)10-20-16(22)8-7-15(19-20)17(2,3)4/h5-9,14,21H,10H2,1-4H3. The Bertz CT molecular complexity index is 732. The summed E-state index contributed by atoms with van der Waals surface area (Å²) in [6, 6.07) is 7.35. The highest BCUT2D eigenvalue weighted by molar-refractivity contribution is 5.28. The average Bonchev–Trinajstić information content (AvgIpc) is 2.39. The molecule has 2 rings (SSSR count). The van der Waals surface area contributed by atoms with Crippen molar-refractivity contribution in [2.24, 2.45) is 0 Å². The summed E-state index contributed by atoms with van der Waals surface area (Å²) in [7, 11) is 0. The van der Waals surface area contributed by atoms with Gasteiger partial charge in [-0.25, -0.2) is 9.07 Å². The van der Waals surface area contributed by atoms with E-state index in [0.29, 0.717) is 11.1 Å². The van der Waals surface area contributed by atoms with Crippen LogP contribution in [0.25, 0.3) is 0 Å². The van der Waals surface area contributed by atoms with Gasteiger partial charge < -0.3 is 5.11 Å². The van der Waals surface area contributed by atoms with E-state index in [0.717, 1.165) is 5.69 Å². The van der Waals surface area contributed by atoms with E-state index in [-0.39, 0.29) is 23.3 Å². The molecule has 1 heterocycles. The summed E-state index contributed by atoms with van der Waals surface area (Å²) in [6.07, 6.45) is -0.916. The molecule has 1 atom stereocenters.